The van der Waals surface area contributed by atoms with Gasteiger partial charge in [0.15, 0.2) is 5.11 Å². The third kappa shape index (κ3) is 2.15. The van der Waals surface area contributed by atoms with E-state index in [1.165, 1.54) is 38.5 Å². The van der Waals surface area contributed by atoms with Gasteiger partial charge in [0.25, 0.3) is 0 Å². The molecule has 0 amide bonds. The highest BCUT2D eigenvalue weighted by Gasteiger charge is 2.53. The van der Waals surface area contributed by atoms with Crippen molar-refractivity contribution >= 4 is 17.3 Å². The number of thiocarbonyl (C=S) groups is 1. The van der Waals surface area contributed by atoms with Gasteiger partial charge in [-0.3, -0.25) is 0 Å². The maximum atomic E-state index is 5.36. The van der Waals surface area contributed by atoms with Crippen LogP contribution in [0.5, 0.6) is 0 Å². The molecule has 18 heavy (non-hydrogen) atoms. The summed E-state index contributed by atoms with van der Waals surface area (Å²) >= 11 is 5.36. The van der Waals surface area contributed by atoms with E-state index in [1.54, 1.807) is 0 Å². The van der Waals surface area contributed by atoms with Crippen LogP contribution in [0.15, 0.2) is 0 Å². The second kappa shape index (κ2) is 4.66. The summed E-state index contributed by atoms with van der Waals surface area (Å²) in [5, 5.41) is 7.63. The van der Waals surface area contributed by atoms with E-state index in [0.717, 1.165) is 29.4 Å². The van der Waals surface area contributed by atoms with Gasteiger partial charge in [-0.25, -0.2) is 0 Å². The lowest BCUT2D eigenvalue weighted by molar-refractivity contribution is -0.0672. The molecule has 102 valence electrons. The molecule has 4 rings (SSSR count). The molecule has 0 spiro atoms. The fraction of sp³-hybridized carbons (Fsp3) is 0.933. The molecule has 3 heteroatoms. The zero-order valence-electron chi connectivity index (χ0n) is 11.7. The Bertz CT molecular complexity index is 304. The van der Waals surface area contributed by atoms with Crippen LogP contribution in [0.25, 0.3) is 0 Å². The number of hydrogen-bond acceptors (Lipinski definition) is 1. The Hall–Kier alpha value is -0.310. The topological polar surface area (TPSA) is 24.1 Å². The van der Waals surface area contributed by atoms with E-state index in [0.29, 0.717) is 11.5 Å². The van der Waals surface area contributed by atoms with Gasteiger partial charge >= 0.3 is 0 Å². The van der Waals surface area contributed by atoms with Crippen molar-refractivity contribution in [1.82, 2.24) is 10.6 Å². The average molecular weight is 266 g/mol. The van der Waals surface area contributed by atoms with Crippen LogP contribution in [0, 0.1) is 23.2 Å². The van der Waals surface area contributed by atoms with Crippen LogP contribution in [0.2, 0.25) is 0 Å². The predicted octanol–water partition coefficient (Wildman–Crippen LogP) is 3.08. The lowest BCUT2D eigenvalue weighted by Gasteiger charge is -2.59. The first-order valence-electron chi connectivity index (χ1n) is 7.65. The number of nitrogens with one attached hydrogen (secondary N) is 2. The fourth-order valence-corrected chi connectivity index (χ4v) is 5.59. The normalized spacial score (nSPS) is 42.7. The second-order valence-electron chi connectivity index (χ2n) is 7.01. The van der Waals surface area contributed by atoms with Crippen molar-refractivity contribution in [3.63, 3.8) is 0 Å². The quantitative estimate of drug-likeness (QED) is 0.768. The smallest absolute Gasteiger partial charge is 0.166 e. The Balaban J connectivity index is 1.69. The minimum atomic E-state index is 0.539. The van der Waals surface area contributed by atoms with Crippen LogP contribution >= 0.6 is 12.2 Å². The monoisotopic (exact) mass is 266 g/mol. The third-order valence-electron chi connectivity index (χ3n) is 5.69. The van der Waals surface area contributed by atoms with Crippen LogP contribution in [0.4, 0.5) is 0 Å². The SMILES string of the molecule is CCNC(=S)N[C@H](C)C12CC3CC(CC(C3)C1)C2. The molecule has 0 aromatic carbocycles. The summed E-state index contributed by atoms with van der Waals surface area (Å²) in [6.45, 7) is 5.37. The molecule has 4 bridgehead atoms. The van der Waals surface area contributed by atoms with Crippen molar-refractivity contribution in [3.05, 3.63) is 0 Å². The molecule has 0 saturated heterocycles. The molecule has 4 saturated carbocycles. The van der Waals surface area contributed by atoms with E-state index in [-0.39, 0.29) is 0 Å². The van der Waals surface area contributed by atoms with E-state index in [9.17, 15) is 0 Å². The molecule has 0 aromatic rings. The van der Waals surface area contributed by atoms with Gasteiger partial charge in [0.1, 0.15) is 0 Å². The summed E-state index contributed by atoms with van der Waals surface area (Å²) in [5.41, 5.74) is 0.550. The molecule has 4 aliphatic rings. The highest BCUT2D eigenvalue weighted by Crippen LogP contribution is 2.61. The first-order valence-corrected chi connectivity index (χ1v) is 8.06. The van der Waals surface area contributed by atoms with E-state index < -0.39 is 0 Å². The summed E-state index contributed by atoms with van der Waals surface area (Å²) in [6.07, 6.45) is 8.89. The zero-order chi connectivity index (χ0) is 12.8. The summed E-state index contributed by atoms with van der Waals surface area (Å²) in [4.78, 5) is 0. The molecule has 0 aliphatic heterocycles. The van der Waals surface area contributed by atoms with Crippen molar-refractivity contribution < 1.29 is 0 Å². The van der Waals surface area contributed by atoms with Gasteiger partial charge in [0, 0.05) is 12.6 Å². The van der Waals surface area contributed by atoms with E-state index in [4.69, 9.17) is 12.2 Å². The van der Waals surface area contributed by atoms with Gasteiger partial charge in [0.05, 0.1) is 0 Å². The largest absolute Gasteiger partial charge is 0.363 e. The molecular formula is C15H26N2S. The Labute approximate surface area is 116 Å². The molecule has 1 atom stereocenters. The van der Waals surface area contributed by atoms with Gasteiger partial charge in [-0.1, -0.05) is 0 Å². The molecule has 0 radical (unpaired) electrons. The molecule has 4 fully saturated rings. The molecule has 0 aromatic heterocycles. The van der Waals surface area contributed by atoms with Crippen molar-refractivity contribution in [2.75, 3.05) is 6.54 Å². The van der Waals surface area contributed by atoms with Crippen LogP contribution in [-0.4, -0.2) is 17.7 Å². The van der Waals surface area contributed by atoms with Crippen molar-refractivity contribution in [2.24, 2.45) is 23.2 Å². The Morgan fingerprint density at radius 1 is 1.17 bits per heavy atom. The second-order valence-corrected chi connectivity index (χ2v) is 7.41. The van der Waals surface area contributed by atoms with Gasteiger partial charge in [0.2, 0.25) is 0 Å². The minimum Gasteiger partial charge on any atom is -0.363 e. The minimum absolute atomic E-state index is 0.539. The molecule has 2 nitrogen and oxygen atoms in total. The third-order valence-corrected chi connectivity index (χ3v) is 5.95. The van der Waals surface area contributed by atoms with Crippen molar-refractivity contribution in [2.45, 2.75) is 58.4 Å². The lowest BCUT2D eigenvalue weighted by Crippen LogP contribution is -2.57. The van der Waals surface area contributed by atoms with Crippen LogP contribution in [0.3, 0.4) is 0 Å². The Morgan fingerprint density at radius 3 is 2.11 bits per heavy atom. The summed E-state index contributed by atoms with van der Waals surface area (Å²) in [5.74, 6) is 3.06. The first-order chi connectivity index (χ1) is 8.61. The standard InChI is InChI=1S/C15H26N2S/c1-3-16-14(18)17-10(2)15-7-11-4-12(8-15)6-13(5-11)9-15/h10-13H,3-9H2,1-2H3,(H2,16,17,18)/t10-,11?,12?,13?,15?/m1/s1. The molecule has 4 aliphatic carbocycles. The summed E-state index contributed by atoms with van der Waals surface area (Å²) in [7, 11) is 0. The highest BCUT2D eigenvalue weighted by molar-refractivity contribution is 7.80. The van der Waals surface area contributed by atoms with E-state index >= 15 is 0 Å². The maximum Gasteiger partial charge on any atom is 0.166 e. The average Bonchev–Trinajstić information content (AvgIpc) is 2.27. The highest BCUT2D eigenvalue weighted by atomic mass is 32.1. The Kier molecular flexibility index (Phi) is 3.29. The van der Waals surface area contributed by atoms with E-state index in [1.807, 2.05) is 0 Å². The van der Waals surface area contributed by atoms with E-state index in [2.05, 4.69) is 24.5 Å². The van der Waals surface area contributed by atoms with Gasteiger partial charge in [-0.2, -0.15) is 0 Å². The molecule has 0 unspecified atom stereocenters. The van der Waals surface area contributed by atoms with Crippen molar-refractivity contribution in [1.29, 1.82) is 0 Å². The van der Waals surface area contributed by atoms with Gasteiger partial charge in [-0.15, -0.1) is 0 Å². The van der Waals surface area contributed by atoms with Gasteiger partial charge in [-0.05, 0) is 87.8 Å². The van der Waals surface area contributed by atoms with Gasteiger partial charge < -0.3 is 10.6 Å². The maximum absolute atomic E-state index is 5.36. The Morgan fingerprint density at radius 2 is 1.67 bits per heavy atom. The molecular weight excluding hydrogens is 240 g/mol. The number of rotatable bonds is 3. The van der Waals surface area contributed by atoms with Crippen molar-refractivity contribution in [3.8, 4) is 0 Å². The molecule has 2 N–H and O–H groups in total. The summed E-state index contributed by atoms with van der Waals surface area (Å²) < 4.78 is 0. The lowest BCUT2D eigenvalue weighted by atomic mass is 9.48. The predicted molar refractivity (Wildman–Crippen MR) is 79.5 cm³/mol. The fourth-order valence-electron chi connectivity index (χ4n) is 5.27. The number of hydrogen-bond donors (Lipinski definition) is 2. The first kappa shape index (κ1) is 12.7. The molecule has 0 heterocycles. The zero-order valence-corrected chi connectivity index (χ0v) is 12.5. The van der Waals surface area contributed by atoms with Crippen LogP contribution in [-0.2, 0) is 0 Å². The summed E-state index contributed by atoms with van der Waals surface area (Å²) in [6, 6.07) is 0.539. The van der Waals surface area contributed by atoms with Crippen LogP contribution < -0.4 is 10.6 Å². The van der Waals surface area contributed by atoms with Crippen LogP contribution in [0.1, 0.15) is 52.4 Å².